The van der Waals surface area contributed by atoms with E-state index in [9.17, 15) is 15.3 Å². The maximum atomic E-state index is 9.73. The van der Waals surface area contributed by atoms with Crippen LogP contribution in [0.5, 0.6) is 0 Å². The van der Waals surface area contributed by atoms with Gasteiger partial charge in [-0.3, -0.25) is 0 Å². The smallest absolute Gasteiger partial charge is 0.111 e. The van der Waals surface area contributed by atoms with Crippen LogP contribution in [-0.2, 0) is 8.92 Å². The molecule has 1 aliphatic rings. The zero-order valence-electron chi connectivity index (χ0n) is 10.4. The summed E-state index contributed by atoms with van der Waals surface area (Å²) in [6, 6.07) is 0. The molecule has 5 atom stereocenters. The molecule has 0 amide bonds. The van der Waals surface area contributed by atoms with Crippen LogP contribution in [0.1, 0.15) is 13.8 Å². The summed E-state index contributed by atoms with van der Waals surface area (Å²) in [5, 5.41) is 37.9. The van der Waals surface area contributed by atoms with E-state index in [1.807, 2.05) is 13.8 Å². The Morgan fingerprint density at radius 1 is 1.17 bits per heavy atom. The van der Waals surface area contributed by atoms with E-state index in [1.54, 1.807) is 6.26 Å². The average molecular weight is 280 g/mol. The monoisotopic (exact) mass is 280 g/mol. The number of rotatable bonds is 5. The van der Waals surface area contributed by atoms with Crippen LogP contribution in [0.2, 0.25) is 0 Å². The third-order valence-electron chi connectivity index (χ3n) is 2.58. The Kier molecular flexibility index (Phi) is 6.40. The highest BCUT2D eigenvalue weighted by molar-refractivity contribution is 7.94. The normalized spacial score (nSPS) is 36.2. The molecule has 0 aromatic carbocycles. The highest BCUT2D eigenvalue weighted by Gasteiger charge is 2.43. The van der Waals surface area contributed by atoms with Crippen LogP contribution in [-0.4, -0.2) is 63.3 Å². The lowest BCUT2D eigenvalue weighted by molar-refractivity contribution is -0.223. The quantitative estimate of drug-likeness (QED) is 0.304. The van der Waals surface area contributed by atoms with E-state index in [0.29, 0.717) is 0 Å². The lowest BCUT2D eigenvalue weighted by Gasteiger charge is -2.39. The third kappa shape index (κ3) is 4.11. The van der Waals surface area contributed by atoms with E-state index < -0.39 is 37.1 Å². The van der Waals surface area contributed by atoms with E-state index in [-0.39, 0.29) is 5.75 Å². The Balaban J connectivity index is 2.46. The Morgan fingerprint density at radius 2 is 1.78 bits per heavy atom. The van der Waals surface area contributed by atoms with Gasteiger partial charge in [0, 0.05) is 0 Å². The molecule has 0 bridgehead atoms. The van der Waals surface area contributed by atoms with E-state index in [1.165, 1.54) is 0 Å². The number of hydrogen-bond donors (Lipinski definition) is 4. The second-order valence-electron chi connectivity index (χ2n) is 4.44. The van der Waals surface area contributed by atoms with E-state index in [0.717, 1.165) is 17.6 Å². The molecule has 1 heterocycles. The van der Waals surface area contributed by atoms with Crippen molar-refractivity contribution in [1.29, 1.82) is 0 Å². The van der Waals surface area contributed by atoms with Crippen LogP contribution >= 0.6 is 12.0 Å². The van der Waals surface area contributed by atoms with E-state index >= 15 is 0 Å². The van der Waals surface area contributed by atoms with Crippen molar-refractivity contribution < 1.29 is 29.3 Å². The van der Waals surface area contributed by atoms with Crippen LogP contribution in [0, 0.1) is 0 Å². The summed E-state index contributed by atoms with van der Waals surface area (Å²) in [6.07, 6.45) is -3.84. The molecule has 0 spiro atoms. The van der Waals surface area contributed by atoms with Crippen LogP contribution < -0.4 is 0 Å². The Hall–Kier alpha value is -0.310. The molecule has 6 nitrogen and oxygen atoms in total. The number of ether oxygens (including phenoxy) is 1. The fraction of sp³-hybridized carbons (Fsp3) is 0.818. The van der Waals surface area contributed by atoms with Gasteiger partial charge in [-0.15, -0.1) is 0 Å². The zero-order chi connectivity index (χ0) is 13.7. The van der Waals surface area contributed by atoms with Gasteiger partial charge >= 0.3 is 0 Å². The highest BCUT2D eigenvalue weighted by atomic mass is 32.2. The molecule has 106 valence electrons. The SMILES string of the molecule is CC(C)=COSCC1OC(CO)C(O)C(O)C1O. The molecule has 5 unspecified atom stereocenters. The Labute approximate surface area is 110 Å². The molecule has 1 saturated heterocycles. The number of aliphatic hydroxyl groups is 4. The third-order valence-corrected chi connectivity index (χ3v) is 3.27. The minimum Gasteiger partial charge on any atom is -0.433 e. The molecule has 7 heteroatoms. The largest absolute Gasteiger partial charge is 0.433 e. The maximum Gasteiger partial charge on any atom is 0.111 e. The molecule has 1 aliphatic heterocycles. The topological polar surface area (TPSA) is 99.4 Å². The minimum absolute atomic E-state index is 0.283. The van der Waals surface area contributed by atoms with E-state index in [2.05, 4.69) is 0 Å². The second kappa shape index (κ2) is 7.32. The molecule has 0 radical (unpaired) electrons. The van der Waals surface area contributed by atoms with Crippen molar-refractivity contribution in [2.24, 2.45) is 0 Å². The van der Waals surface area contributed by atoms with Crippen molar-refractivity contribution in [3.63, 3.8) is 0 Å². The van der Waals surface area contributed by atoms with Crippen LogP contribution in [0.3, 0.4) is 0 Å². The Morgan fingerprint density at radius 3 is 2.33 bits per heavy atom. The van der Waals surface area contributed by atoms with Gasteiger partial charge in [-0.2, -0.15) is 0 Å². The van der Waals surface area contributed by atoms with Crippen molar-refractivity contribution in [1.82, 2.24) is 0 Å². The number of hydrogen-bond acceptors (Lipinski definition) is 7. The predicted octanol–water partition coefficient (Wildman–Crippen LogP) is -0.583. The molecule has 4 N–H and O–H groups in total. The Bertz CT molecular complexity index is 279. The standard InChI is InChI=1S/C11H20O6S/c1-6(2)4-16-18-5-8-10(14)11(15)9(13)7(3-12)17-8/h4,7-15H,3,5H2,1-2H3. The van der Waals surface area contributed by atoms with Crippen molar-refractivity contribution in [2.75, 3.05) is 12.4 Å². The van der Waals surface area contributed by atoms with E-state index in [4.69, 9.17) is 14.0 Å². The summed E-state index contributed by atoms with van der Waals surface area (Å²) in [6.45, 7) is 3.35. The lowest BCUT2D eigenvalue weighted by Crippen LogP contribution is -2.59. The lowest BCUT2D eigenvalue weighted by atomic mass is 9.96. The first-order valence-corrected chi connectivity index (χ1v) is 6.60. The molecular weight excluding hydrogens is 260 g/mol. The molecule has 0 aromatic rings. The molecule has 0 aliphatic carbocycles. The second-order valence-corrected chi connectivity index (χ2v) is 5.20. The summed E-state index contributed by atoms with van der Waals surface area (Å²) in [5.74, 6) is 0.283. The first-order chi connectivity index (χ1) is 8.47. The van der Waals surface area contributed by atoms with Gasteiger partial charge in [0.2, 0.25) is 0 Å². The van der Waals surface area contributed by atoms with Crippen LogP contribution in [0.4, 0.5) is 0 Å². The fourth-order valence-electron chi connectivity index (χ4n) is 1.55. The average Bonchev–Trinajstić information content (AvgIpc) is 2.34. The number of allylic oxidation sites excluding steroid dienone is 1. The highest BCUT2D eigenvalue weighted by Crippen LogP contribution is 2.24. The van der Waals surface area contributed by atoms with Gasteiger partial charge in [-0.25, -0.2) is 0 Å². The molecule has 1 rings (SSSR count). The first kappa shape index (κ1) is 15.7. The number of aliphatic hydroxyl groups excluding tert-OH is 4. The van der Waals surface area contributed by atoms with Gasteiger partial charge in [0.15, 0.2) is 0 Å². The summed E-state index contributed by atoms with van der Waals surface area (Å²) in [4.78, 5) is 0. The van der Waals surface area contributed by atoms with Gasteiger partial charge in [-0.1, -0.05) is 0 Å². The summed E-state index contributed by atoms with van der Waals surface area (Å²) >= 11 is 1.07. The van der Waals surface area contributed by atoms with Gasteiger partial charge < -0.3 is 29.3 Å². The van der Waals surface area contributed by atoms with Gasteiger partial charge in [-0.05, 0) is 19.4 Å². The summed E-state index contributed by atoms with van der Waals surface area (Å²) < 4.78 is 10.4. The zero-order valence-corrected chi connectivity index (χ0v) is 11.2. The van der Waals surface area contributed by atoms with Crippen molar-refractivity contribution in [3.05, 3.63) is 11.8 Å². The fourth-order valence-corrected chi connectivity index (χ4v) is 2.30. The predicted molar refractivity (Wildman–Crippen MR) is 66.7 cm³/mol. The molecule has 0 saturated carbocycles. The molecule has 0 aromatic heterocycles. The minimum atomic E-state index is -1.33. The molecular formula is C11H20O6S. The summed E-state index contributed by atoms with van der Waals surface area (Å²) in [5.41, 5.74) is 0.997. The van der Waals surface area contributed by atoms with Crippen LogP contribution in [0.25, 0.3) is 0 Å². The molecule has 18 heavy (non-hydrogen) atoms. The summed E-state index contributed by atoms with van der Waals surface area (Å²) in [7, 11) is 0. The van der Waals surface area contributed by atoms with Gasteiger partial charge in [0.1, 0.15) is 24.4 Å². The van der Waals surface area contributed by atoms with Crippen LogP contribution in [0.15, 0.2) is 11.8 Å². The van der Waals surface area contributed by atoms with Gasteiger partial charge in [0.05, 0.1) is 36.8 Å². The van der Waals surface area contributed by atoms with Crippen molar-refractivity contribution in [2.45, 2.75) is 44.4 Å². The maximum absolute atomic E-state index is 9.73. The first-order valence-electron chi connectivity index (χ1n) is 5.69. The molecule has 1 fully saturated rings. The van der Waals surface area contributed by atoms with Crippen molar-refractivity contribution >= 4 is 12.0 Å². The van der Waals surface area contributed by atoms with Gasteiger partial charge in [0.25, 0.3) is 0 Å². The van der Waals surface area contributed by atoms with Crippen molar-refractivity contribution in [3.8, 4) is 0 Å².